The Bertz CT molecular complexity index is 766. The molecule has 2 aromatic rings. The minimum Gasteiger partial charge on any atom is -0.356 e. The van der Waals surface area contributed by atoms with E-state index < -0.39 is 5.60 Å². The van der Waals surface area contributed by atoms with Crippen LogP contribution in [0.25, 0.3) is 16.7 Å². The number of hydrogen-bond acceptors (Lipinski definition) is 2. The Balaban J connectivity index is 1.79. The molecule has 0 aliphatic heterocycles. The Hall–Kier alpha value is -2.63. The molecular weight excluding hydrogens is 282 g/mol. The molecule has 1 unspecified atom stereocenters. The number of ether oxygens (including phenoxy) is 1. The van der Waals surface area contributed by atoms with Gasteiger partial charge in [-0.1, -0.05) is 66.7 Å². The highest BCUT2D eigenvalue weighted by molar-refractivity contribution is 5.77. The van der Waals surface area contributed by atoms with E-state index >= 15 is 0 Å². The minimum atomic E-state index is -0.803. The first kappa shape index (κ1) is 15.3. The molecule has 0 aromatic heterocycles. The van der Waals surface area contributed by atoms with Crippen LogP contribution in [0.2, 0.25) is 0 Å². The average molecular weight is 301 g/mol. The molecule has 0 saturated heterocycles. The van der Waals surface area contributed by atoms with E-state index in [0.29, 0.717) is 13.0 Å². The average Bonchev–Trinajstić information content (AvgIpc) is 2.63. The summed E-state index contributed by atoms with van der Waals surface area (Å²) in [6.07, 6.45) is 6.52. The van der Waals surface area contributed by atoms with Crippen molar-refractivity contribution in [3.05, 3.63) is 78.4 Å². The van der Waals surface area contributed by atoms with Gasteiger partial charge in [-0.15, -0.1) is 0 Å². The molecule has 1 atom stereocenters. The second kappa shape index (κ2) is 6.64. The van der Waals surface area contributed by atoms with Gasteiger partial charge >= 0.3 is 0 Å². The van der Waals surface area contributed by atoms with Crippen LogP contribution < -0.4 is 0 Å². The molecule has 2 heteroatoms. The van der Waals surface area contributed by atoms with Crippen LogP contribution in [0.5, 0.6) is 0 Å². The number of benzene rings is 2. The molecular formula is C21H19NO. The van der Waals surface area contributed by atoms with E-state index in [1.165, 1.54) is 11.1 Å². The van der Waals surface area contributed by atoms with Crippen LogP contribution in [0.1, 0.15) is 18.9 Å². The van der Waals surface area contributed by atoms with Crippen LogP contribution in [-0.4, -0.2) is 12.2 Å². The Morgan fingerprint density at radius 3 is 2.22 bits per heavy atom. The fourth-order valence-electron chi connectivity index (χ4n) is 2.80. The maximum absolute atomic E-state index is 9.34. The third-order valence-corrected chi connectivity index (χ3v) is 4.07. The van der Waals surface area contributed by atoms with Gasteiger partial charge in [-0.2, -0.15) is 5.26 Å². The maximum Gasteiger partial charge on any atom is 0.176 e. The molecule has 0 fully saturated rings. The van der Waals surface area contributed by atoms with Gasteiger partial charge in [0.1, 0.15) is 6.07 Å². The van der Waals surface area contributed by atoms with E-state index in [1.54, 1.807) is 0 Å². The molecule has 114 valence electrons. The summed E-state index contributed by atoms with van der Waals surface area (Å²) in [4.78, 5) is 0. The van der Waals surface area contributed by atoms with Crippen molar-refractivity contribution < 1.29 is 4.74 Å². The Kier molecular flexibility index (Phi) is 4.41. The summed E-state index contributed by atoms with van der Waals surface area (Å²) in [5.74, 6) is 0. The summed E-state index contributed by atoms with van der Waals surface area (Å²) in [6, 6.07) is 21.1. The zero-order valence-electron chi connectivity index (χ0n) is 13.2. The number of rotatable bonds is 4. The monoisotopic (exact) mass is 301 g/mol. The van der Waals surface area contributed by atoms with Crippen LogP contribution in [0, 0.1) is 11.3 Å². The van der Waals surface area contributed by atoms with Crippen LogP contribution in [0.4, 0.5) is 0 Å². The van der Waals surface area contributed by atoms with Crippen LogP contribution >= 0.6 is 0 Å². The Morgan fingerprint density at radius 1 is 1.00 bits per heavy atom. The fraction of sp³-hybridized carbons (Fsp3) is 0.190. The zero-order valence-corrected chi connectivity index (χ0v) is 13.2. The van der Waals surface area contributed by atoms with Gasteiger partial charge < -0.3 is 4.74 Å². The fourth-order valence-corrected chi connectivity index (χ4v) is 2.80. The predicted molar refractivity (Wildman–Crippen MR) is 93.6 cm³/mol. The molecule has 3 rings (SSSR count). The first-order valence-electron chi connectivity index (χ1n) is 7.87. The van der Waals surface area contributed by atoms with Crippen molar-refractivity contribution in [1.29, 1.82) is 5.26 Å². The Morgan fingerprint density at radius 2 is 1.65 bits per heavy atom. The van der Waals surface area contributed by atoms with Crippen LogP contribution in [-0.2, 0) is 4.74 Å². The normalized spacial score (nSPS) is 19.9. The largest absolute Gasteiger partial charge is 0.356 e. The lowest BCUT2D eigenvalue weighted by Gasteiger charge is -2.24. The summed E-state index contributed by atoms with van der Waals surface area (Å²) in [7, 11) is 0. The van der Waals surface area contributed by atoms with Gasteiger partial charge in [0.05, 0.1) is 0 Å². The molecule has 0 heterocycles. The van der Waals surface area contributed by atoms with Crippen molar-refractivity contribution >= 4 is 5.57 Å². The lowest BCUT2D eigenvalue weighted by molar-refractivity contribution is 0.0441. The second-order valence-corrected chi connectivity index (χ2v) is 5.57. The molecule has 0 radical (unpaired) electrons. The molecule has 0 N–H and O–H groups in total. The highest BCUT2D eigenvalue weighted by Crippen LogP contribution is 2.30. The van der Waals surface area contributed by atoms with E-state index in [2.05, 4.69) is 48.5 Å². The summed E-state index contributed by atoms with van der Waals surface area (Å²) >= 11 is 0. The molecule has 0 amide bonds. The summed E-state index contributed by atoms with van der Waals surface area (Å²) < 4.78 is 5.59. The quantitative estimate of drug-likeness (QED) is 0.796. The molecule has 1 aliphatic carbocycles. The molecule has 2 nitrogen and oxygen atoms in total. The van der Waals surface area contributed by atoms with Crippen molar-refractivity contribution in [3.63, 3.8) is 0 Å². The molecule has 1 aliphatic rings. The highest BCUT2D eigenvalue weighted by Gasteiger charge is 2.28. The van der Waals surface area contributed by atoms with Crippen LogP contribution in [0.15, 0.2) is 72.8 Å². The Labute approximate surface area is 137 Å². The topological polar surface area (TPSA) is 33.0 Å². The summed E-state index contributed by atoms with van der Waals surface area (Å²) in [6.45, 7) is 2.45. The lowest BCUT2D eigenvalue weighted by Crippen LogP contribution is -2.29. The SMILES string of the molecule is CCOC1(C#N)C=CC(c2ccc(-c3ccccc3)cc2)=CC1. The van der Waals surface area contributed by atoms with E-state index in [-0.39, 0.29) is 0 Å². The lowest BCUT2D eigenvalue weighted by atomic mass is 9.90. The second-order valence-electron chi connectivity index (χ2n) is 5.57. The molecule has 0 saturated carbocycles. The number of nitriles is 1. The highest BCUT2D eigenvalue weighted by atomic mass is 16.5. The first-order valence-corrected chi connectivity index (χ1v) is 7.87. The smallest absolute Gasteiger partial charge is 0.176 e. The van der Waals surface area contributed by atoms with Gasteiger partial charge in [0.15, 0.2) is 5.60 Å². The van der Waals surface area contributed by atoms with Crippen molar-refractivity contribution in [2.45, 2.75) is 18.9 Å². The van der Waals surface area contributed by atoms with Gasteiger partial charge in [-0.05, 0) is 35.3 Å². The van der Waals surface area contributed by atoms with Gasteiger partial charge in [0.25, 0.3) is 0 Å². The summed E-state index contributed by atoms with van der Waals surface area (Å²) in [5, 5.41) is 9.34. The van der Waals surface area contributed by atoms with Gasteiger partial charge in [-0.3, -0.25) is 0 Å². The number of nitrogens with zero attached hydrogens (tertiary/aromatic N) is 1. The third-order valence-electron chi connectivity index (χ3n) is 4.07. The predicted octanol–water partition coefficient (Wildman–Crippen LogP) is 5.00. The molecule has 0 spiro atoms. The first-order chi connectivity index (χ1) is 11.3. The minimum absolute atomic E-state index is 0.535. The van der Waals surface area contributed by atoms with Gasteiger partial charge in [0.2, 0.25) is 0 Å². The van der Waals surface area contributed by atoms with Gasteiger partial charge in [-0.25, -0.2) is 0 Å². The number of allylic oxidation sites excluding steroid dienone is 2. The van der Waals surface area contributed by atoms with Crippen molar-refractivity contribution in [1.82, 2.24) is 0 Å². The third kappa shape index (κ3) is 3.26. The van der Waals surface area contributed by atoms with E-state index in [0.717, 1.165) is 11.1 Å². The summed E-state index contributed by atoms with van der Waals surface area (Å²) in [5.41, 5.74) is 3.91. The van der Waals surface area contributed by atoms with Gasteiger partial charge in [0, 0.05) is 13.0 Å². The van der Waals surface area contributed by atoms with E-state index in [9.17, 15) is 5.26 Å². The zero-order chi connectivity index (χ0) is 16.1. The molecule has 23 heavy (non-hydrogen) atoms. The maximum atomic E-state index is 9.34. The standard InChI is InChI=1S/C21H19NO/c1-2-23-21(16-22)14-12-20(13-15-21)19-10-8-18(9-11-19)17-6-4-3-5-7-17/h3-14H,2,15H2,1H3. The number of hydrogen-bond donors (Lipinski definition) is 0. The molecule has 2 aromatic carbocycles. The molecule has 0 bridgehead atoms. The van der Waals surface area contributed by atoms with Crippen LogP contribution in [0.3, 0.4) is 0 Å². The van der Waals surface area contributed by atoms with E-state index in [1.807, 2.05) is 37.3 Å². The van der Waals surface area contributed by atoms with Crippen molar-refractivity contribution in [3.8, 4) is 17.2 Å². The van der Waals surface area contributed by atoms with Crippen molar-refractivity contribution in [2.24, 2.45) is 0 Å². The van der Waals surface area contributed by atoms with E-state index in [4.69, 9.17) is 4.74 Å². The van der Waals surface area contributed by atoms with Crippen molar-refractivity contribution in [2.75, 3.05) is 6.61 Å².